The van der Waals surface area contributed by atoms with E-state index in [1.54, 1.807) is 0 Å². The topological polar surface area (TPSA) is 48.1 Å². The average Bonchev–Trinajstić information content (AvgIpc) is 2.66. The molecule has 0 aliphatic heterocycles. The van der Waals surface area contributed by atoms with E-state index >= 15 is 0 Å². The Morgan fingerprint density at radius 2 is 1.12 bits per heavy atom. The summed E-state index contributed by atoms with van der Waals surface area (Å²) in [5, 5.41) is 14.7. The molecule has 0 bridgehead atoms. The quantitative estimate of drug-likeness (QED) is 0.140. The number of hydrogen-bond acceptors (Lipinski definition) is 4. The Bertz CT molecular complexity index is 490. The zero-order valence-electron chi connectivity index (χ0n) is 23.6. The van der Waals surface area contributed by atoms with Gasteiger partial charge in [0.2, 0.25) is 0 Å². The van der Waals surface area contributed by atoms with E-state index in [1.807, 2.05) is 0 Å². The summed E-state index contributed by atoms with van der Waals surface area (Å²) >= 11 is 0. The standard InChI is InChI=1S/C28H60N4/c1-11-28(10,32-24-17-14-19-26(6,7)29-12-2)21-15-18-23-31-27(8,9)20-13-16-22-30-25(3,4)5/h15,18,29-32H,11-14,16-17,19-24H2,1-10H3/b18-15-. The minimum Gasteiger partial charge on any atom is -0.312 e. The Hall–Kier alpha value is -0.420. The predicted molar refractivity (Wildman–Crippen MR) is 146 cm³/mol. The van der Waals surface area contributed by atoms with Crippen LogP contribution in [0.25, 0.3) is 0 Å². The van der Waals surface area contributed by atoms with Crippen LogP contribution in [0.5, 0.6) is 0 Å². The van der Waals surface area contributed by atoms with E-state index in [1.165, 1.54) is 38.5 Å². The highest BCUT2D eigenvalue weighted by atomic mass is 15.0. The Labute approximate surface area is 202 Å². The van der Waals surface area contributed by atoms with E-state index in [2.05, 4.69) is 103 Å². The van der Waals surface area contributed by atoms with Crippen molar-refractivity contribution in [1.29, 1.82) is 0 Å². The molecule has 32 heavy (non-hydrogen) atoms. The summed E-state index contributed by atoms with van der Waals surface area (Å²) < 4.78 is 0. The molecule has 0 saturated heterocycles. The first-order valence-corrected chi connectivity index (χ1v) is 13.4. The van der Waals surface area contributed by atoms with Gasteiger partial charge in [-0.25, -0.2) is 0 Å². The van der Waals surface area contributed by atoms with Crippen LogP contribution in [-0.2, 0) is 0 Å². The molecular formula is C28H60N4. The lowest BCUT2D eigenvalue weighted by atomic mass is 9.93. The number of nitrogens with one attached hydrogen (secondary N) is 4. The van der Waals surface area contributed by atoms with Crippen molar-refractivity contribution in [3.63, 3.8) is 0 Å². The SMILES string of the molecule is CCNC(C)(C)CCCCNC(C)(CC)C/C=C\CNC(C)(C)CCCCNC(C)(C)C. The molecule has 0 heterocycles. The summed E-state index contributed by atoms with van der Waals surface area (Å²) in [5.74, 6) is 0. The van der Waals surface area contributed by atoms with Crippen LogP contribution >= 0.6 is 0 Å². The minimum atomic E-state index is 0.193. The van der Waals surface area contributed by atoms with Gasteiger partial charge in [-0.05, 0) is 114 Å². The van der Waals surface area contributed by atoms with Gasteiger partial charge < -0.3 is 21.3 Å². The predicted octanol–water partition coefficient (Wildman–Crippen LogP) is 6.18. The van der Waals surface area contributed by atoms with E-state index in [0.717, 1.165) is 39.0 Å². The molecule has 192 valence electrons. The fourth-order valence-corrected chi connectivity index (χ4v) is 4.00. The van der Waals surface area contributed by atoms with Crippen molar-refractivity contribution < 1.29 is 0 Å². The second-order valence-corrected chi connectivity index (χ2v) is 12.3. The van der Waals surface area contributed by atoms with Gasteiger partial charge in [0.1, 0.15) is 0 Å². The molecule has 0 spiro atoms. The zero-order chi connectivity index (χ0) is 24.7. The monoisotopic (exact) mass is 452 g/mol. The largest absolute Gasteiger partial charge is 0.312 e. The zero-order valence-corrected chi connectivity index (χ0v) is 23.6. The third kappa shape index (κ3) is 18.1. The summed E-state index contributed by atoms with van der Waals surface area (Å²) in [6, 6.07) is 0. The van der Waals surface area contributed by atoms with Gasteiger partial charge in [-0.1, -0.05) is 38.8 Å². The van der Waals surface area contributed by atoms with Crippen LogP contribution in [0.2, 0.25) is 0 Å². The summed E-state index contributed by atoms with van der Waals surface area (Å²) in [4.78, 5) is 0. The highest BCUT2D eigenvalue weighted by Crippen LogP contribution is 2.17. The third-order valence-electron chi connectivity index (χ3n) is 6.53. The van der Waals surface area contributed by atoms with Crippen LogP contribution in [-0.4, -0.2) is 48.3 Å². The molecule has 0 aliphatic rings. The van der Waals surface area contributed by atoms with Gasteiger partial charge in [0.05, 0.1) is 0 Å². The van der Waals surface area contributed by atoms with E-state index in [0.29, 0.717) is 0 Å². The van der Waals surface area contributed by atoms with Crippen LogP contribution < -0.4 is 21.3 Å². The van der Waals surface area contributed by atoms with Crippen molar-refractivity contribution >= 4 is 0 Å². The van der Waals surface area contributed by atoms with Crippen molar-refractivity contribution in [2.75, 3.05) is 26.2 Å². The van der Waals surface area contributed by atoms with Crippen molar-refractivity contribution in [2.24, 2.45) is 0 Å². The molecule has 4 nitrogen and oxygen atoms in total. The van der Waals surface area contributed by atoms with Crippen LogP contribution in [0.1, 0.15) is 121 Å². The Morgan fingerprint density at radius 1 is 0.594 bits per heavy atom. The first-order chi connectivity index (χ1) is 14.7. The van der Waals surface area contributed by atoms with Gasteiger partial charge in [-0.15, -0.1) is 0 Å². The molecule has 0 amide bonds. The first-order valence-electron chi connectivity index (χ1n) is 13.4. The maximum atomic E-state index is 3.82. The fourth-order valence-electron chi connectivity index (χ4n) is 4.00. The molecule has 0 aromatic heterocycles. The summed E-state index contributed by atoms with van der Waals surface area (Å²) in [5.41, 5.74) is 0.876. The van der Waals surface area contributed by atoms with Gasteiger partial charge in [-0.3, -0.25) is 0 Å². The first kappa shape index (κ1) is 31.6. The van der Waals surface area contributed by atoms with Gasteiger partial charge in [-0.2, -0.15) is 0 Å². The summed E-state index contributed by atoms with van der Waals surface area (Å²) in [6.07, 6.45) is 14.4. The lowest BCUT2D eigenvalue weighted by Gasteiger charge is -2.30. The van der Waals surface area contributed by atoms with E-state index < -0.39 is 0 Å². The summed E-state index contributed by atoms with van der Waals surface area (Å²) in [7, 11) is 0. The van der Waals surface area contributed by atoms with Crippen molar-refractivity contribution in [1.82, 2.24) is 21.3 Å². The molecule has 0 aliphatic carbocycles. The molecule has 1 unspecified atom stereocenters. The smallest absolute Gasteiger partial charge is 0.0185 e. The van der Waals surface area contributed by atoms with E-state index in [-0.39, 0.29) is 22.2 Å². The van der Waals surface area contributed by atoms with Crippen LogP contribution in [0.3, 0.4) is 0 Å². The van der Waals surface area contributed by atoms with Gasteiger partial charge in [0.15, 0.2) is 0 Å². The maximum Gasteiger partial charge on any atom is 0.0185 e. The van der Waals surface area contributed by atoms with Crippen molar-refractivity contribution in [3.8, 4) is 0 Å². The molecule has 0 saturated carbocycles. The normalized spacial score (nSPS) is 15.4. The lowest BCUT2D eigenvalue weighted by molar-refractivity contribution is 0.325. The third-order valence-corrected chi connectivity index (χ3v) is 6.53. The lowest BCUT2D eigenvalue weighted by Crippen LogP contribution is -2.42. The molecule has 0 rings (SSSR count). The molecule has 0 fully saturated rings. The van der Waals surface area contributed by atoms with Gasteiger partial charge in [0.25, 0.3) is 0 Å². The van der Waals surface area contributed by atoms with Crippen LogP contribution in [0.15, 0.2) is 12.2 Å². The fraction of sp³-hybridized carbons (Fsp3) is 0.929. The van der Waals surface area contributed by atoms with Crippen LogP contribution in [0, 0.1) is 0 Å². The molecule has 4 N–H and O–H groups in total. The molecule has 0 radical (unpaired) electrons. The van der Waals surface area contributed by atoms with Gasteiger partial charge >= 0.3 is 0 Å². The van der Waals surface area contributed by atoms with E-state index in [9.17, 15) is 0 Å². The number of unbranched alkanes of at least 4 members (excludes halogenated alkanes) is 2. The van der Waals surface area contributed by atoms with Crippen molar-refractivity contribution in [3.05, 3.63) is 12.2 Å². The van der Waals surface area contributed by atoms with Crippen molar-refractivity contribution in [2.45, 2.75) is 143 Å². The molecule has 4 heteroatoms. The maximum absolute atomic E-state index is 3.82. The van der Waals surface area contributed by atoms with Crippen LogP contribution in [0.4, 0.5) is 0 Å². The Kier molecular flexibility index (Phi) is 15.3. The molecule has 1 atom stereocenters. The Morgan fingerprint density at radius 3 is 1.62 bits per heavy atom. The summed E-state index contributed by atoms with van der Waals surface area (Å²) in [6.45, 7) is 27.0. The number of rotatable bonds is 19. The second-order valence-electron chi connectivity index (χ2n) is 12.3. The van der Waals surface area contributed by atoms with E-state index in [4.69, 9.17) is 0 Å². The minimum absolute atomic E-state index is 0.193. The number of hydrogen-bond donors (Lipinski definition) is 4. The average molecular weight is 453 g/mol. The highest BCUT2D eigenvalue weighted by molar-refractivity contribution is 4.95. The van der Waals surface area contributed by atoms with Gasteiger partial charge in [0, 0.05) is 28.7 Å². The highest BCUT2D eigenvalue weighted by Gasteiger charge is 2.20. The second kappa shape index (κ2) is 15.5. The molecule has 0 aromatic rings. The molecular weight excluding hydrogens is 392 g/mol. The Balaban J connectivity index is 4.08. The molecule has 0 aromatic carbocycles.